The second-order valence-electron chi connectivity index (χ2n) is 6.28. The normalized spacial score (nSPS) is 37.1. The fraction of sp³-hybridized carbons (Fsp3) is 0.786. The van der Waals surface area contributed by atoms with Gasteiger partial charge in [0.15, 0.2) is 5.16 Å². The predicted molar refractivity (Wildman–Crippen MR) is 74.6 cm³/mol. The van der Waals surface area contributed by atoms with E-state index in [1.165, 1.54) is 31.0 Å². The number of carboxylic acids is 1. The number of fused-ring (bicyclic) bond motifs is 5. The van der Waals surface area contributed by atoms with Gasteiger partial charge in [-0.1, -0.05) is 11.8 Å². The first-order chi connectivity index (χ1) is 9.70. The van der Waals surface area contributed by atoms with Crippen molar-refractivity contribution in [2.24, 2.45) is 23.7 Å². The standard InChI is InChI=1S/C14H19N3O2S/c1-2-17-13(15-16-14(17)20-6-9(18)19)12-10-7-3-4-8(5-7)11(10)12/h7-8,10-12H,2-6H2,1H3,(H,18,19). The SMILES string of the molecule is CCn1c(SCC(=O)O)nnc1C1C2C3CCC(C3)C12. The molecule has 3 aliphatic rings. The fourth-order valence-electron chi connectivity index (χ4n) is 4.75. The molecule has 0 spiro atoms. The highest BCUT2D eigenvalue weighted by Gasteiger charge is 2.66. The van der Waals surface area contributed by atoms with Crippen molar-refractivity contribution in [1.82, 2.24) is 14.8 Å². The first-order valence-electron chi connectivity index (χ1n) is 7.48. The molecular formula is C14H19N3O2S. The minimum absolute atomic E-state index is 0.0565. The van der Waals surface area contributed by atoms with E-state index < -0.39 is 5.97 Å². The molecule has 3 saturated carbocycles. The lowest BCUT2D eigenvalue weighted by molar-refractivity contribution is -0.133. The third kappa shape index (κ3) is 1.73. The van der Waals surface area contributed by atoms with Crippen LogP contribution in [0.15, 0.2) is 5.16 Å². The molecule has 6 heteroatoms. The van der Waals surface area contributed by atoms with E-state index in [9.17, 15) is 4.79 Å². The van der Waals surface area contributed by atoms with Crippen LogP contribution in [0.4, 0.5) is 0 Å². The molecule has 4 atom stereocenters. The molecule has 0 amide bonds. The van der Waals surface area contributed by atoms with Crippen molar-refractivity contribution in [1.29, 1.82) is 0 Å². The summed E-state index contributed by atoms with van der Waals surface area (Å²) in [7, 11) is 0. The number of aromatic nitrogens is 3. The smallest absolute Gasteiger partial charge is 0.313 e. The van der Waals surface area contributed by atoms with Crippen molar-refractivity contribution < 1.29 is 9.90 Å². The van der Waals surface area contributed by atoms with Gasteiger partial charge in [0.1, 0.15) is 5.82 Å². The third-order valence-electron chi connectivity index (χ3n) is 5.42. The fourth-order valence-corrected chi connectivity index (χ4v) is 5.48. The van der Waals surface area contributed by atoms with Gasteiger partial charge in [-0.15, -0.1) is 10.2 Å². The Labute approximate surface area is 122 Å². The molecule has 108 valence electrons. The van der Waals surface area contributed by atoms with Crippen LogP contribution >= 0.6 is 11.8 Å². The van der Waals surface area contributed by atoms with Crippen molar-refractivity contribution in [3.8, 4) is 0 Å². The van der Waals surface area contributed by atoms with Gasteiger partial charge in [0.05, 0.1) is 5.75 Å². The molecule has 4 rings (SSSR count). The van der Waals surface area contributed by atoms with Crippen LogP contribution in [0.5, 0.6) is 0 Å². The highest BCUT2D eigenvalue weighted by Crippen LogP contribution is 2.72. The zero-order valence-corrected chi connectivity index (χ0v) is 12.3. The maximum absolute atomic E-state index is 10.7. The van der Waals surface area contributed by atoms with Gasteiger partial charge in [-0.25, -0.2) is 0 Å². The minimum Gasteiger partial charge on any atom is -0.481 e. The lowest BCUT2D eigenvalue weighted by atomic mass is 10.0. The van der Waals surface area contributed by atoms with Crippen LogP contribution in [0.2, 0.25) is 0 Å². The molecule has 0 aliphatic heterocycles. The van der Waals surface area contributed by atoms with E-state index in [4.69, 9.17) is 5.11 Å². The van der Waals surface area contributed by atoms with Crippen LogP contribution in [-0.2, 0) is 11.3 Å². The second kappa shape index (κ2) is 4.48. The largest absolute Gasteiger partial charge is 0.481 e. The average Bonchev–Trinajstić information content (AvgIpc) is 2.82. The van der Waals surface area contributed by atoms with Crippen molar-refractivity contribution >= 4 is 17.7 Å². The van der Waals surface area contributed by atoms with Gasteiger partial charge in [-0.05, 0) is 49.9 Å². The zero-order valence-electron chi connectivity index (χ0n) is 11.5. The van der Waals surface area contributed by atoms with E-state index in [0.29, 0.717) is 5.92 Å². The summed E-state index contributed by atoms with van der Waals surface area (Å²) in [5.74, 6) is 4.52. The topological polar surface area (TPSA) is 68.0 Å². The second-order valence-corrected chi connectivity index (χ2v) is 7.22. The molecule has 2 bridgehead atoms. The van der Waals surface area contributed by atoms with E-state index >= 15 is 0 Å². The molecule has 0 radical (unpaired) electrons. The summed E-state index contributed by atoms with van der Waals surface area (Å²) in [6, 6.07) is 0. The zero-order chi connectivity index (χ0) is 13.9. The first kappa shape index (κ1) is 12.7. The van der Waals surface area contributed by atoms with E-state index in [0.717, 1.165) is 41.2 Å². The molecule has 0 saturated heterocycles. The summed E-state index contributed by atoms with van der Waals surface area (Å²) < 4.78 is 2.13. The molecule has 1 aromatic rings. The van der Waals surface area contributed by atoms with Crippen LogP contribution in [0, 0.1) is 23.7 Å². The van der Waals surface area contributed by atoms with E-state index in [2.05, 4.69) is 21.7 Å². The Morgan fingerprint density at radius 2 is 2.05 bits per heavy atom. The summed E-state index contributed by atoms with van der Waals surface area (Å²) in [5.41, 5.74) is 0. The van der Waals surface area contributed by atoms with Gasteiger partial charge in [0.25, 0.3) is 0 Å². The number of hydrogen-bond donors (Lipinski definition) is 1. The number of thioether (sulfide) groups is 1. The monoisotopic (exact) mass is 293 g/mol. The Balaban J connectivity index is 1.56. The van der Waals surface area contributed by atoms with Crippen molar-refractivity contribution in [3.05, 3.63) is 5.82 Å². The molecule has 4 unspecified atom stereocenters. The Morgan fingerprint density at radius 1 is 1.35 bits per heavy atom. The maximum Gasteiger partial charge on any atom is 0.313 e. The first-order valence-corrected chi connectivity index (χ1v) is 8.47. The quantitative estimate of drug-likeness (QED) is 0.843. The molecule has 1 heterocycles. The number of rotatable bonds is 5. The number of carboxylic acid groups (broad SMARTS) is 1. The maximum atomic E-state index is 10.7. The molecule has 5 nitrogen and oxygen atoms in total. The summed E-state index contributed by atoms with van der Waals surface area (Å²) in [6.07, 6.45) is 4.25. The van der Waals surface area contributed by atoms with Gasteiger partial charge >= 0.3 is 5.97 Å². The van der Waals surface area contributed by atoms with Gasteiger partial charge in [-0.3, -0.25) is 4.79 Å². The molecule has 1 N–H and O–H groups in total. The molecule has 3 aliphatic carbocycles. The Hall–Kier alpha value is -1.04. The van der Waals surface area contributed by atoms with Crippen molar-refractivity contribution in [2.45, 2.75) is 43.8 Å². The van der Waals surface area contributed by atoms with Crippen LogP contribution in [-0.4, -0.2) is 31.6 Å². The average molecular weight is 293 g/mol. The van der Waals surface area contributed by atoms with Crippen LogP contribution < -0.4 is 0 Å². The lowest BCUT2D eigenvalue weighted by Gasteiger charge is -2.10. The van der Waals surface area contributed by atoms with Crippen LogP contribution in [0.25, 0.3) is 0 Å². The van der Waals surface area contributed by atoms with Gasteiger partial charge in [0, 0.05) is 12.5 Å². The van der Waals surface area contributed by atoms with Crippen LogP contribution in [0.3, 0.4) is 0 Å². The molecule has 0 aromatic carbocycles. The Kier molecular flexibility index (Phi) is 2.84. The minimum atomic E-state index is -0.802. The van der Waals surface area contributed by atoms with Gasteiger partial charge in [-0.2, -0.15) is 0 Å². The van der Waals surface area contributed by atoms with E-state index in [-0.39, 0.29) is 5.75 Å². The van der Waals surface area contributed by atoms with E-state index in [1.807, 2.05) is 0 Å². The number of carbonyl (C=O) groups is 1. The highest BCUT2D eigenvalue weighted by atomic mass is 32.2. The Bertz CT molecular complexity index is 543. The predicted octanol–water partition coefficient (Wildman–Crippen LogP) is 2.23. The molecule has 3 fully saturated rings. The number of hydrogen-bond acceptors (Lipinski definition) is 4. The van der Waals surface area contributed by atoms with Gasteiger partial charge < -0.3 is 9.67 Å². The third-order valence-corrected chi connectivity index (χ3v) is 6.37. The lowest BCUT2D eigenvalue weighted by Crippen LogP contribution is -2.07. The summed E-state index contributed by atoms with van der Waals surface area (Å²) in [5, 5.41) is 18.2. The summed E-state index contributed by atoms with van der Waals surface area (Å²) in [4.78, 5) is 10.7. The number of nitrogens with zero attached hydrogens (tertiary/aromatic N) is 3. The molecular weight excluding hydrogens is 274 g/mol. The van der Waals surface area contributed by atoms with Crippen LogP contribution in [0.1, 0.15) is 37.9 Å². The van der Waals surface area contributed by atoms with Gasteiger partial charge in [0.2, 0.25) is 0 Å². The van der Waals surface area contributed by atoms with Crippen molar-refractivity contribution in [3.63, 3.8) is 0 Å². The highest BCUT2D eigenvalue weighted by molar-refractivity contribution is 7.99. The Morgan fingerprint density at radius 3 is 2.65 bits per heavy atom. The molecule has 20 heavy (non-hydrogen) atoms. The summed E-state index contributed by atoms with van der Waals surface area (Å²) in [6.45, 7) is 2.92. The number of aliphatic carboxylic acids is 1. The summed E-state index contributed by atoms with van der Waals surface area (Å²) >= 11 is 1.28. The van der Waals surface area contributed by atoms with Crippen molar-refractivity contribution in [2.75, 3.05) is 5.75 Å². The molecule has 1 aromatic heterocycles. The van der Waals surface area contributed by atoms with E-state index in [1.54, 1.807) is 0 Å².